The van der Waals surface area contributed by atoms with Crippen LogP contribution in [0, 0.1) is 3.57 Å². The Kier molecular flexibility index (Phi) is 6.92. The van der Waals surface area contributed by atoms with Crippen molar-refractivity contribution >= 4 is 40.4 Å². The van der Waals surface area contributed by atoms with Crippen LogP contribution >= 0.6 is 22.6 Å². The van der Waals surface area contributed by atoms with Gasteiger partial charge in [-0.2, -0.15) is 0 Å². The van der Waals surface area contributed by atoms with Crippen LogP contribution in [0.3, 0.4) is 0 Å². The molecule has 0 fully saturated rings. The monoisotopic (exact) mass is 406 g/mol. The number of aromatic carboxylic acids is 1. The van der Waals surface area contributed by atoms with Gasteiger partial charge in [0.25, 0.3) is 5.91 Å². The Balaban J connectivity index is 2.46. The summed E-state index contributed by atoms with van der Waals surface area (Å²) in [6.45, 7) is 1.70. The topological polar surface area (TPSA) is 105 Å². The summed E-state index contributed by atoms with van der Waals surface area (Å²) in [7, 11) is 0. The van der Waals surface area contributed by atoms with Gasteiger partial charge in [-0.1, -0.05) is 0 Å². The lowest BCUT2D eigenvalue weighted by Crippen LogP contribution is -2.36. The van der Waals surface area contributed by atoms with Crippen LogP contribution in [-0.2, 0) is 9.59 Å². The number of ether oxygens (including phenoxy) is 1. The molecule has 0 saturated heterocycles. The predicted octanol–water partition coefficient (Wildman–Crippen LogP) is 0.620. The maximum absolute atomic E-state index is 11.5. The highest BCUT2D eigenvalue weighted by atomic mass is 127. The van der Waals surface area contributed by atoms with Crippen molar-refractivity contribution in [1.82, 2.24) is 10.6 Å². The minimum absolute atomic E-state index is 0.00736. The van der Waals surface area contributed by atoms with Gasteiger partial charge in [-0.05, 0) is 40.8 Å². The number of hydrogen-bond acceptors (Lipinski definition) is 4. The Hall–Kier alpha value is -1.84. The molecule has 1 aromatic carbocycles. The molecule has 0 unspecified atom stereocenters. The van der Waals surface area contributed by atoms with E-state index in [0.717, 1.165) is 3.57 Å². The Morgan fingerprint density at radius 2 is 1.90 bits per heavy atom. The molecule has 2 amide bonds. The Labute approximate surface area is 135 Å². The molecule has 0 bridgehead atoms. The Bertz CT molecular complexity index is 547. The fourth-order valence-electron chi connectivity index (χ4n) is 1.43. The molecule has 1 aromatic rings. The zero-order valence-corrected chi connectivity index (χ0v) is 13.5. The van der Waals surface area contributed by atoms with Crippen molar-refractivity contribution in [3.63, 3.8) is 0 Å². The van der Waals surface area contributed by atoms with E-state index in [0.29, 0.717) is 6.54 Å². The van der Waals surface area contributed by atoms with Crippen molar-refractivity contribution in [3.8, 4) is 5.75 Å². The van der Waals surface area contributed by atoms with Gasteiger partial charge < -0.3 is 20.5 Å². The number of carboxylic acid groups (broad SMARTS) is 1. The maximum atomic E-state index is 11.5. The first-order valence-corrected chi connectivity index (χ1v) is 7.15. The third kappa shape index (κ3) is 6.43. The van der Waals surface area contributed by atoms with E-state index in [1.807, 2.05) is 22.6 Å². The van der Waals surface area contributed by atoms with Crippen molar-refractivity contribution in [2.24, 2.45) is 0 Å². The van der Waals surface area contributed by atoms with Gasteiger partial charge in [-0.15, -0.1) is 0 Å². The number of hydrogen-bond donors (Lipinski definition) is 3. The summed E-state index contributed by atoms with van der Waals surface area (Å²) in [5.74, 6) is -1.55. The van der Waals surface area contributed by atoms with E-state index in [4.69, 9.17) is 9.84 Å². The van der Waals surface area contributed by atoms with E-state index < -0.39 is 11.9 Å². The average molecular weight is 406 g/mol. The van der Waals surface area contributed by atoms with Gasteiger partial charge in [0.1, 0.15) is 11.3 Å². The number of nitrogens with one attached hydrogen (secondary N) is 2. The zero-order chi connectivity index (χ0) is 15.8. The van der Waals surface area contributed by atoms with Crippen LogP contribution in [0.4, 0.5) is 0 Å². The van der Waals surface area contributed by atoms with Gasteiger partial charge in [0, 0.05) is 23.6 Å². The first kappa shape index (κ1) is 17.2. The van der Waals surface area contributed by atoms with E-state index in [1.165, 1.54) is 19.1 Å². The SMILES string of the molecule is CC(=O)NCCNC(=O)COc1ccc(I)cc1C(=O)O. The molecule has 0 radical (unpaired) electrons. The van der Waals surface area contributed by atoms with E-state index in [1.54, 1.807) is 6.07 Å². The van der Waals surface area contributed by atoms with Crippen LogP contribution in [0.2, 0.25) is 0 Å². The van der Waals surface area contributed by atoms with E-state index in [9.17, 15) is 14.4 Å². The van der Waals surface area contributed by atoms with Gasteiger partial charge >= 0.3 is 5.97 Å². The van der Waals surface area contributed by atoms with Crippen molar-refractivity contribution in [3.05, 3.63) is 27.3 Å². The number of halogens is 1. The van der Waals surface area contributed by atoms with Gasteiger partial charge in [0.15, 0.2) is 6.61 Å². The molecule has 114 valence electrons. The second-order valence-electron chi connectivity index (χ2n) is 4.07. The van der Waals surface area contributed by atoms with Crippen molar-refractivity contribution in [2.75, 3.05) is 19.7 Å². The standard InChI is InChI=1S/C13H15IN2O5/c1-8(17)15-4-5-16-12(18)7-21-11-3-2-9(14)6-10(11)13(19)20/h2-3,6H,4-5,7H2,1H3,(H,15,17)(H,16,18)(H,19,20). The number of rotatable bonds is 7. The molecule has 0 aliphatic heterocycles. The van der Waals surface area contributed by atoms with Crippen molar-refractivity contribution < 1.29 is 24.2 Å². The molecule has 3 N–H and O–H groups in total. The number of amides is 2. The summed E-state index contributed by atoms with van der Waals surface area (Å²) >= 11 is 1.99. The smallest absolute Gasteiger partial charge is 0.339 e. The normalized spacial score (nSPS) is 9.81. The fourth-order valence-corrected chi connectivity index (χ4v) is 1.92. The first-order valence-electron chi connectivity index (χ1n) is 6.07. The molecule has 21 heavy (non-hydrogen) atoms. The molecule has 0 aromatic heterocycles. The van der Waals surface area contributed by atoms with Crippen LogP contribution < -0.4 is 15.4 Å². The third-order valence-electron chi connectivity index (χ3n) is 2.35. The largest absolute Gasteiger partial charge is 0.483 e. The minimum atomic E-state index is -1.12. The summed E-state index contributed by atoms with van der Waals surface area (Å²) < 4.78 is 5.97. The van der Waals surface area contributed by atoms with E-state index in [2.05, 4.69) is 10.6 Å². The second kappa shape index (κ2) is 8.45. The average Bonchev–Trinajstić information content (AvgIpc) is 2.41. The first-order chi connectivity index (χ1) is 9.90. The highest BCUT2D eigenvalue weighted by Gasteiger charge is 2.13. The maximum Gasteiger partial charge on any atom is 0.339 e. The molecule has 0 atom stereocenters. The molecule has 0 aliphatic carbocycles. The number of carboxylic acids is 1. The number of carbonyl (C=O) groups is 3. The van der Waals surface area contributed by atoms with E-state index >= 15 is 0 Å². The molecule has 7 nitrogen and oxygen atoms in total. The van der Waals surface area contributed by atoms with Crippen LogP contribution in [0.25, 0.3) is 0 Å². The Morgan fingerprint density at radius 1 is 1.24 bits per heavy atom. The highest BCUT2D eigenvalue weighted by molar-refractivity contribution is 14.1. The second-order valence-corrected chi connectivity index (χ2v) is 5.31. The van der Waals surface area contributed by atoms with Gasteiger partial charge in [-0.3, -0.25) is 9.59 Å². The van der Waals surface area contributed by atoms with E-state index in [-0.39, 0.29) is 30.4 Å². The molecule has 0 aliphatic rings. The van der Waals surface area contributed by atoms with Crippen LogP contribution in [0.15, 0.2) is 18.2 Å². The number of carbonyl (C=O) groups excluding carboxylic acids is 2. The molecule has 0 heterocycles. The lowest BCUT2D eigenvalue weighted by molar-refractivity contribution is -0.123. The lowest BCUT2D eigenvalue weighted by atomic mass is 10.2. The molecule has 0 spiro atoms. The lowest BCUT2D eigenvalue weighted by Gasteiger charge is -2.10. The Morgan fingerprint density at radius 3 is 2.52 bits per heavy atom. The summed E-state index contributed by atoms with van der Waals surface area (Å²) in [6, 6.07) is 4.67. The predicted molar refractivity (Wildman–Crippen MR) is 83.3 cm³/mol. The minimum Gasteiger partial charge on any atom is -0.483 e. The summed E-state index contributed by atoms with van der Waals surface area (Å²) in [6.07, 6.45) is 0. The quantitative estimate of drug-likeness (QED) is 0.455. The molecule has 1 rings (SSSR count). The zero-order valence-electron chi connectivity index (χ0n) is 11.3. The summed E-state index contributed by atoms with van der Waals surface area (Å²) in [5, 5.41) is 14.1. The molecular weight excluding hydrogens is 391 g/mol. The third-order valence-corrected chi connectivity index (χ3v) is 3.02. The fraction of sp³-hybridized carbons (Fsp3) is 0.308. The van der Waals surface area contributed by atoms with Crippen LogP contribution in [0.1, 0.15) is 17.3 Å². The number of benzene rings is 1. The van der Waals surface area contributed by atoms with Crippen molar-refractivity contribution in [1.29, 1.82) is 0 Å². The summed E-state index contributed by atoms with van der Waals surface area (Å²) in [5.41, 5.74) is 0.00736. The molecule has 8 heteroatoms. The van der Waals surface area contributed by atoms with Crippen LogP contribution in [0.5, 0.6) is 5.75 Å². The highest BCUT2D eigenvalue weighted by Crippen LogP contribution is 2.21. The summed E-state index contributed by atoms with van der Waals surface area (Å²) in [4.78, 5) is 33.2. The van der Waals surface area contributed by atoms with Gasteiger partial charge in [0.2, 0.25) is 5.91 Å². The molecular formula is C13H15IN2O5. The van der Waals surface area contributed by atoms with Crippen molar-refractivity contribution in [2.45, 2.75) is 6.92 Å². The molecule has 0 saturated carbocycles. The van der Waals surface area contributed by atoms with Gasteiger partial charge in [-0.25, -0.2) is 4.79 Å². The van der Waals surface area contributed by atoms with Gasteiger partial charge in [0.05, 0.1) is 0 Å². The van der Waals surface area contributed by atoms with Crippen LogP contribution in [-0.4, -0.2) is 42.6 Å².